The molecular weight excluding hydrogens is 412 g/mol. The third-order valence-corrected chi connectivity index (χ3v) is 5.54. The summed E-state index contributed by atoms with van der Waals surface area (Å²) in [5.41, 5.74) is 4.76. The van der Waals surface area contributed by atoms with Crippen molar-refractivity contribution in [2.24, 2.45) is 0 Å². The van der Waals surface area contributed by atoms with Gasteiger partial charge < -0.3 is 14.5 Å². The molecule has 1 aromatic heterocycles. The molecule has 4 aromatic rings. The molecule has 5 nitrogen and oxygen atoms in total. The van der Waals surface area contributed by atoms with Crippen LogP contribution in [-0.4, -0.2) is 17.5 Å². The van der Waals surface area contributed by atoms with Gasteiger partial charge in [-0.25, -0.2) is 4.98 Å². The number of hydrogen-bond acceptors (Lipinski definition) is 4. The fraction of sp³-hybridized carbons (Fsp3) is 0.286. The van der Waals surface area contributed by atoms with Gasteiger partial charge in [-0.2, -0.15) is 0 Å². The van der Waals surface area contributed by atoms with Gasteiger partial charge in [0.25, 0.3) is 5.91 Å². The number of unbranched alkanes of at least 4 members (excludes halogenated alkanes) is 4. The van der Waals surface area contributed by atoms with Crippen molar-refractivity contribution < 1.29 is 13.9 Å². The van der Waals surface area contributed by atoms with Gasteiger partial charge in [0.05, 0.1) is 6.61 Å². The van der Waals surface area contributed by atoms with Crippen LogP contribution in [0.15, 0.2) is 71.1 Å². The summed E-state index contributed by atoms with van der Waals surface area (Å²) in [6.45, 7) is 4.94. The van der Waals surface area contributed by atoms with E-state index in [9.17, 15) is 4.79 Å². The Kier molecular flexibility index (Phi) is 7.40. The molecule has 33 heavy (non-hydrogen) atoms. The van der Waals surface area contributed by atoms with Crippen LogP contribution in [0.2, 0.25) is 0 Å². The Morgan fingerprint density at radius 3 is 2.61 bits per heavy atom. The van der Waals surface area contributed by atoms with Gasteiger partial charge in [0.1, 0.15) is 11.3 Å². The van der Waals surface area contributed by atoms with Gasteiger partial charge in [0.2, 0.25) is 5.89 Å². The van der Waals surface area contributed by atoms with Gasteiger partial charge in [0, 0.05) is 16.8 Å². The average Bonchev–Trinajstić information content (AvgIpc) is 3.25. The van der Waals surface area contributed by atoms with Crippen molar-refractivity contribution in [3.05, 3.63) is 77.9 Å². The predicted octanol–water partition coefficient (Wildman–Crippen LogP) is 7.40. The highest BCUT2D eigenvalue weighted by molar-refractivity contribution is 6.04. The molecule has 1 amide bonds. The molecule has 0 aliphatic heterocycles. The largest absolute Gasteiger partial charge is 0.494 e. The number of nitrogens with one attached hydrogen (secondary N) is 1. The van der Waals surface area contributed by atoms with Gasteiger partial charge in [0.15, 0.2) is 5.58 Å². The van der Waals surface area contributed by atoms with Crippen LogP contribution in [0.3, 0.4) is 0 Å². The second-order valence-corrected chi connectivity index (χ2v) is 8.31. The molecule has 0 aliphatic carbocycles. The SMILES string of the molecule is CCCCCCCOc1ccc(C(=O)Nc2cccc(-c3nc4ccc(C)cc4o3)c2)cc1. The maximum absolute atomic E-state index is 12.7. The van der Waals surface area contributed by atoms with Gasteiger partial charge >= 0.3 is 0 Å². The average molecular weight is 443 g/mol. The number of benzene rings is 3. The van der Waals surface area contributed by atoms with Crippen LogP contribution in [0.4, 0.5) is 5.69 Å². The van der Waals surface area contributed by atoms with Crippen molar-refractivity contribution >= 4 is 22.7 Å². The summed E-state index contributed by atoms with van der Waals surface area (Å²) in [5.74, 6) is 1.14. The molecule has 4 rings (SSSR count). The first kappa shape index (κ1) is 22.6. The third-order valence-electron chi connectivity index (χ3n) is 5.54. The van der Waals surface area contributed by atoms with E-state index in [1.165, 1.54) is 25.7 Å². The van der Waals surface area contributed by atoms with Crippen LogP contribution in [0.5, 0.6) is 5.75 Å². The number of carbonyl (C=O) groups excluding carboxylic acids is 1. The Labute approximate surface area is 194 Å². The quantitative estimate of drug-likeness (QED) is 0.260. The van der Waals surface area contributed by atoms with Crippen molar-refractivity contribution in [1.82, 2.24) is 4.98 Å². The van der Waals surface area contributed by atoms with Crippen molar-refractivity contribution in [2.45, 2.75) is 46.0 Å². The summed E-state index contributed by atoms with van der Waals surface area (Å²) in [4.78, 5) is 17.3. The third kappa shape index (κ3) is 6.01. The van der Waals surface area contributed by atoms with Crippen LogP contribution >= 0.6 is 0 Å². The van der Waals surface area contributed by atoms with Gasteiger partial charge in [-0.05, 0) is 73.5 Å². The first-order chi connectivity index (χ1) is 16.1. The van der Waals surface area contributed by atoms with E-state index in [1.807, 2.05) is 61.5 Å². The molecule has 1 N–H and O–H groups in total. The van der Waals surface area contributed by atoms with E-state index in [0.717, 1.165) is 34.4 Å². The van der Waals surface area contributed by atoms with Crippen molar-refractivity contribution in [2.75, 3.05) is 11.9 Å². The number of amides is 1. The zero-order chi connectivity index (χ0) is 23.0. The zero-order valence-corrected chi connectivity index (χ0v) is 19.3. The molecule has 5 heteroatoms. The molecule has 0 spiro atoms. The topological polar surface area (TPSA) is 64.4 Å². The van der Waals surface area contributed by atoms with E-state index >= 15 is 0 Å². The standard InChI is InChI=1S/C28H30N2O3/c1-3-4-5-6-7-17-32-24-14-12-21(13-15-24)27(31)29-23-10-8-9-22(19-23)28-30-25-16-11-20(2)18-26(25)33-28/h8-16,18-19H,3-7,17H2,1-2H3,(H,29,31). The van der Waals surface area contributed by atoms with Crippen LogP contribution in [0.25, 0.3) is 22.6 Å². The summed E-state index contributed by atoms with van der Waals surface area (Å²) < 4.78 is 11.7. The molecule has 170 valence electrons. The summed E-state index contributed by atoms with van der Waals surface area (Å²) >= 11 is 0. The molecule has 0 radical (unpaired) electrons. The maximum Gasteiger partial charge on any atom is 0.255 e. The smallest absolute Gasteiger partial charge is 0.255 e. The number of aryl methyl sites for hydroxylation is 1. The molecule has 0 saturated heterocycles. The number of hydrogen-bond donors (Lipinski definition) is 1. The lowest BCUT2D eigenvalue weighted by Gasteiger charge is -2.09. The Bertz CT molecular complexity index is 1210. The summed E-state index contributed by atoms with van der Waals surface area (Å²) in [6.07, 6.45) is 6.02. The zero-order valence-electron chi connectivity index (χ0n) is 19.3. The van der Waals surface area contributed by atoms with Gasteiger partial charge in [-0.15, -0.1) is 0 Å². The monoisotopic (exact) mass is 442 g/mol. The normalized spacial score (nSPS) is 11.0. The minimum absolute atomic E-state index is 0.175. The van der Waals surface area contributed by atoms with Crippen LogP contribution in [0.1, 0.15) is 54.9 Å². The highest BCUT2D eigenvalue weighted by Crippen LogP contribution is 2.27. The molecule has 0 atom stereocenters. The Morgan fingerprint density at radius 2 is 1.79 bits per heavy atom. The number of aromatic nitrogens is 1. The van der Waals surface area contributed by atoms with Crippen LogP contribution < -0.4 is 10.1 Å². The van der Waals surface area contributed by atoms with Gasteiger partial charge in [-0.1, -0.05) is 44.7 Å². The van der Waals surface area contributed by atoms with Crippen LogP contribution in [0, 0.1) is 6.92 Å². The highest BCUT2D eigenvalue weighted by atomic mass is 16.5. The van der Waals surface area contributed by atoms with E-state index in [2.05, 4.69) is 17.2 Å². The summed E-state index contributed by atoms with van der Waals surface area (Å²) in [6, 6.07) is 20.7. The minimum Gasteiger partial charge on any atom is -0.494 e. The van der Waals surface area contributed by atoms with Crippen molar-refractivity contribution in [3.63, 3.8) is 0 Å². The first-order valence-corrected chi connectivity index (χ1v) is 11.6. The minimum atomic E-state index is -0.175. The summed E-state index contributed by atoms with van der Waals surface area (Å²) in [5, 5.41) is 2.95. The number of nitrogens with zero attached hydrogens (tertiary/aromatic N) is 1. The number of oxazole rings is 1. The van der Waals surface area contributed by atoms with E-state index in [0.29, 0.717) is 23.7 Å². The van der Waals surface area contributed by atoms with E-state index in [1.54, 1.807) is 12.1 Å². The molecule has 3 aromatic carbocycles. The molecule has 0 fully saturated rings. The highest BCUT2D eigenvalue weighted by Gasteiger charge is 2.11. The predicted molar refractivity (Wildman–Crippen MR) is 133 cm³/mol. The number of anilines is 1. The lowest BCUT2D eigenvalue weighted by Crippen LogP contribution is -2.11. The molecular formula is C28H30N2O3. The Morgan fingerprint density at radius 1 is 0.970 bits per heavy atom. The van der Waals surface area contributed by atoms with Crippen LogP contribution in [-0.2, 0) is 0 Å². The van der Waals surface area contributed by atoms with E-state index in [-0.39, 0.29) is 5.91 Å². The molecule has 0 aliphatic rings. The van der Waals surface area contributed by atoms with Crippen molar-refractivity contribution in [1.29, 1.82) is 0 Å². The lowest BCUT2D eigenvalue weighted by atomic mass is 10.1. The Hall–Kier alpha value is -3.60. The molecule has 0 bridgehead atoms. The van der Waals surface area contributed by atoms with E-state index < -0.39 is 0 Å². The Balaban J connectivity index is 1.36. The number of rotatable bonds is 10. The maximum atomic E-state index is 12.7. The number of carbonyl (C=O) groups is 1. The van der Waals surface area contributed by atoms with Crippen molar-refractivity contribution in [3.8, 4) is 17.2 Å². The van der Waals surface area contributed by atoms with E-state index in [4.69, 9.17) is 9.15 Å². The van der Waals surface area contributed by atoms with Gasteiger partial charge in [-0.3, -0.25) is 4.79 Å². The lowest BCUT2D eigenvalue weighted by molar-refractivity contribution is 0.102. The fourth-order valence-corrected chi connectivity index (χ4v) is 3.69. The molecule has 1 heterocycles. The summed E-state index contributed by atoms with van der Waals surface area (Å²) in [7, 11) is 0. The number of ether oxygens (including phenoxy) is 1. The second kappa shape index (κ2) is 10.8. The first-order valence-electron chi connectivity index (χ1n) is 11.6. The second-order valence-electron chi connectivity index (χ2n) is 8.31. The molecule has 0 saturated carbocycles. The fourth-order valence-electron chi connectivity index (χ4n) is 3.69. The molecule has 0 unspecified atom stereocenters. The number of fused-ring (bicyclic) bond motifs is 1.